The van der Waals surface area contributed by atoms with E-state index in [1.54, 1.807) is 12.3 Å². The van der Waals surface area contributed by atoms with E-state index in [1.165, 1.54) is 6.42 Å². The molecule has 2 N–H and O–H groups in total. The maximum atomic E-state index is 11.3. The second kappa shape index (κ2) is 5.88. The summed E-state index contributed by atoms with van der Waals surface area (Å²) in [6.45, 7) is 4.28. The van der Waals surface area contributed by atoms with Crippen LogP contribution in [0.5, 0.6) is 0 Å². The standard InChI is InChI=1S/C13H18BrN3O2/c1-8-4-3-5-9(2)17(8)16-12-11(13(18)19)6-10(14)7-15-12/h6-9H,3-5H2,1-2H3,(H,15,16)(H,18,19). The topological polar surface area (TPSA) is 65.5 Å². The molecule has 0 spiro atoms. The van der Waals surface area contributed by atoms with Gasteiger partial charge in [0.1, 0.15) is 5.56 Å². The first-order valence-corrected chi connectivity index (χ1v) is 7.22. The maximum Gasteiger partial charge on any atom is 0.339 e. The van der Waals surface area contributed by atoms with Crippen LogP contribution >= 0.6 is 15.9 Å². The molecule has 19 heavy (non-hydrogen) atoms. The predicted octanol–water partition coefficient (Wildman–Crippen LogP) is 3.13. The summed E-state index contributed by atoms with van der Waals surface area (Å²) < 4.78 is 0.662. The van der Waals surface area contributed by atoms with Crippen molar-refractivity contribution in [2.24, 2.45) is 0 Å². The fraction of sp³-hybridized carbons (Fsp3) is 0.538. The first-order valence-electron chi connectivity index (χ1n) is 6.43. The van der Waals surface area contributed by atoms with Gasteiger partial charge in [-0.05, 0) is 48.7 Å². The van der Waals surface area contributed by atoms with E-state index in [9.17, 15) is 9.90 Å². The van der Waals surface area contributed by atoms with Gasteiger partial charge in [-0.1, -0.05) is 6.42 Å². The van der Waals surface area contributed by atoms with E-state index in [2.05, 4.69) is 45.2 Å². The summed E-state index contributed by atoms with van der Waals surface area (Å²) in [5.74, 6) is -0.579. The molecule has 1 aromatic heterocycles. The molecule has 1 aromatic rings. The summed E-state index contributed by atoms with van der Waals surface area (Å²) in [4.78, 5) is 15.4. The number of hydrazine groups is 1. The minimum Gasteiger partial charge on any atom is -0.478 e. The van der Waals surface area contributed by atoms with Crippen molar-refractivity contribution >= 4 is 27.7 Å². The van der Waals surface area contributed by atoms with E-state index in [0.29, 0.717) is 22.4 Å². The number of nitrogens with one attached hydrogen (secondary N) is 1. The third kappa shape index (κ3) is 3.25. The van der Waals surface area contributed by atoms with Crippen molar-refractivity contribution in [3.05, 3.63) is 22.3 Å². The van der Waals surface area contributed by atoms with Crippen molar-refractivity contribution in [2.45, 2.75) is 45.2 Å². The number of piperidine rings is 1. The van der Waals surface area contributed by atoms with Crippen molar-refractivity contribution in [1.82, 2.24) is 9.99 Å². The molecular weight excluding hydrogens is 310 g/mol. The Morgan fingerprint density at radius 3 is 2.68 bits per heavy atom. The van der Waals surface area contributed by atoms with Crippen LogP contribution in [0.25, 0.3) is 0 Å². The summed E-state index contributed by atoms with van der Waals surface area (Å²) >= 11 is 3.25. The van der Waals surface area contributed by atoms with Crippen LogP contribution in [0, 0.1) is 0 Å². The summed E-state index contributed by atoms with van der Waals surface area (Å²) in [5, 5.41) is 11.3. The number of rotatable bonds is 3. The molecule has 0 aliphatic carbocycles. The molecule has 2 rings (SSSR count). The summed E-state index contributed by atoms with van der Waals surface area (Å²) in [6.07, 6.45) is 5.03. The summed E-state index contributed by atoms with van der Waals surface area (Å²) in [6, 6.07) is 2.31. The lowest BCUT2D eigenvalue weighted by Crippen LogP contribution is -2.47. The minimum atomic E-state index is -0.978. The predicted molar refractivity (Wildman–Crippen MR) is 77.1 cm³/mol. The lowest BCUT2D eigenvalue weighted by Gasteiger charge is -2.39. The van der Waals surface area contributed by atoms with Gasteiger partial charge in [0.2, 0.25) is 0 Å². The van der Waals surface area contributed by atoms with Crippen molar-refractivity contribution < 1.29 is 9.90 Å². The summed E-state index contributed by atoms with van der Waals surface area (Å²) in [7, 11) is 0. The Kier molecular flexibility index (Phi) is 4.42. The van der Waals surface area contributed by atoms with Gasteiger partial charge in [0.15, 0.2) is 5.82 Å². The number of aromatic nitrogens is 1. The number of carbonyl (C=O) groups is 1. The quantitative estimate of drug-likeness (QED) is 0.892. The molecule has 1 aliphatic heterocycles. The van der Waals surface area contributed by atoms with Crippen LogP contribution in [-0.2, 0) is 0 Å². The average Bonchev–Trinajstić information content (AvgIpc) is 2.35. The third-order valence-electron chi connectivity index (χ3n) is 3.51. The molecule has 1 aliphatic rings. The van der Waals surface area contributed by atoms with E-state index in [1.807, 2.05) is 0 Å². The fourth-order valence-corrected chi connectivity index (χ4v) is 2.79. The molecule has 0 saturated carbocycles. The maximum absolute atomic E-state index is 11.3. The number of carboxylic acids is 1. The highest BCUT2D eigenvalue weighted by molar-refractivity contribution is 9.10. The van der Waals surface area contributed by atoms with Crippen molar-refractivity contribution in [1.29, 1.82) is 0 Å². The van der Waals surface area contributed by atoms with Crippen LogP contribution in [0.3, 0.4) is 0 Å². The van der Waals surface area contributed by atoms with Gasteiger partial charge in [0.25, 0.3) is 0 Å². The minimum absolute atomic E-state index is 0.180. The van der Waals surface area contributed by atoms with Gasteiger partial charge in [-0.3, -0.25) is 0 Å². The zero-order valence-electron chi connectivity index (χ0n) is 11.1. The van der Waals surface area contributed by atoms with E-state index in [4.69, 9.17) is 0 Å². The van der Waals surface area contributed by atoms with Gasteiger partial charge >= 0.3 is 5.97 Å². The fourth-order valence-electron chi connectivity index (χ4n) is 2.46. The molecule has 0 amide bonds. The zero-order chi connectivity index (χ0) is 14.0. The van der Waals surface area contributed by atoms with Crippen molar-refractivity contribution in [3.8, 4) is 0 Å². The normalized spacial score (nSPS) is 24.2. The van der Waals surface area contributed by atoms with Crippen LogP contribution < -0.4 is 5.43 Å². The smallest absolute Gasteiger partial charge is 0.339 e. The Labute approximate surface area is 121 Å². The number of nitrogens with zero attached hydrogens (tertiary/aromatic N) is 2. The highest BCUT2D eigenvalue weighted by atomic mass is 79.9. The van der Waals surface area contributed by atoms with Crippen LogP contribution in [0.1, 0.15) is 43.5 Å². The van der Waals surface area contributed by atoms with Crippen LogP contribution in [0.2, 0.25) is 0 Å². The first-order chi connectivity index (χ1) is 8.99. The number of aromatic carboxylic acids is 1. The first kappa shape index (κ1) is 14.3. The molecule has 0 aromatic carbocycles. The molecule has 6 heteroatoms. The van der Waals surface area contributed by atoms with E-state index in [-0.39, 0.29) is 5.56 Å². The number of hydrogen-bond acceptors (Lipinski definition) is 4. The van der Waals surface area contributed by atoms with Gasteiger partial charge in [0.05, 0.1) is 0 Å². The molecule has 104 valence electrons. The Morgan fingerprint density at radius 1 is 1.47 bits per heavy atom. The lowest BCUT2D eigenvalue weighted by molar-refractivity contribution is 0.0695. The SMILES string of the molecule is CC1CCCC(C)N1Nc1ncc(Br)cc1C(=O)O. The van der Waals surface area contributed by atoms with Crippen molar-refractivity contribution in [3.63, 3.8) is 0 Å². The zero-order valence-corrected chi connectivity index (χ0v) is 12.6. The molecule has 0 bridgehead atoms. The molecule has 1 fully saturated rings. The van der Waals surface area contributed by atoms with Crippen LogP contribution in [-0.4, -0.2) is 33.2 Å². The molecule has 2 unspecified atom stereocenters. The van der Waals surface area contributed by atoms with Gasteiger partial charge in [-0.15, -0.1) is 0 Å². The van der Waals surface area contributed by atoms with E-state index in [0.717, 1.165) is 12.8 Å². The number of carboxylic acid groups (broad SMARTS) is 1. The van der Waals surface area contributed by atoms with Gasteiger partial charge in [-0.25, -0.2) is 14.8 Å². The third-order valence-corrected chi connectivity index (χ3v) is 3.95. The Hall–Kier alpha value is -1.14. The van der Waals surface area contributed by atoms with Crippen LogP contribution in [0.15, 0.2) is 16.7 Å². The molecule has 1 saturated heterocycles. The monoisotopic (exact) mass is 327 g/mol. The lowest BCUT2D eigenvalue weighted by atomic mass is 10.00. The molecule has 0 radical (unpaired) electrons. The number of halogens is 1. The highest BCUT2D eigenvalue weighted by Gasteiger charge is 2.26. The van der Waals surface area contributed by atoms with E-state index < -0.39 is 5.97 Å². The second-order valence-corrected chi connectivity index (χ2v) is 5.92. The molecule has 2 heterocycles. The summed E-state index contributed by atoms with van der Waals surface area (Å²) in [5.41, 5.74) is 3.36. The average molecular weight is 328 g/mol. The Bertz CT molecular complexity index is 471. The highest BCUT2D eigenvalue weighted by Crippen LogP contribution is 2.25. The largest absolute Gasteiger partial charge is 0.478 e. The van der Waals surface area contributed by atoms with Crippen LogP contribution in [0.4, 0.5) is 5.82 Å². The number of pyridine rings is 1. The van der Waals surface area contributed by atoms with Crippen molar-refractivity contribution in [2.75, 3.05) is 5.43 Å². The second-order valence-electron chi connectivity index (χ2n) is 5.00. The van der Waals surface area contributed by atoms with Gasteiger partial charge in [0, 0.05) is 22.8 Å². The van der Waals surface area contributed by atoms with Gasteiger partial charge < -0.3 is 10.5 Å². The number of hydrogen-bond donors (Lipinski definition) is 2. The van der Waals surface area contributed by atoms with E-state index >= 15 is 0 Å². The molecular formula is C13H18BrN3O2. The molecule has 5 nitrogen and oxygen atoms in total. The Morgan fingerprint density at radius 2 is 2.11 bits per heavy atom. The Balaban J connectivity index is 2.24. The molecule has 2 atom stereocenters. The number of anilines is 1. The van der Waals surface area contributed by atoms with Gasteiger partial charge in [-0.2, -0.15) is 0 Å².